The molecule has 3 heterocycles. The lowest BCUT2D eigenvalue weighted by Gasteiger charge is -2.28. The second kappa shape index (κ2) is 10.8. The number of aryl methyl sites for hydroxylation is 1. The first-order valence-electron chi connectivity index (χ1n) is 12.6. The van der Waals surface area contributed by atoms with Gasteiger partial charge in [0.15, 0.2) is 5.11 Å². The highest BCUT2D eigenvalue weighted by molar-refractivity contribution is 7.80. The van der Waals surface area contributed by atoms with Gasteiger partial charge in [-0.3, -0.25) is 19.9 Å². The van der Waals surface area contributed by atoms with Crippen LogP contribution in [0.15, 0.2) is 72.9 Å². The highest BCUT2D eigenvalue weighted by Gasteiger charge is 2.42. The molecule has 0 saturated carbocycles. The maximum absolute atomic E-state index is 12.0. The van der Waals surface area contributed by atoms with E-state index in [4.69, 9.17) is 17.0 Å². The number of carbonyl (C=O) groups excluding carboxylic acids is 1. The van der Waals surface area contributed by atoms with Crippen LogP contribution in [-0.4, -0.2) is 32.6 Å². The molecule has 0 aliphatic carbocycles. The van der Waals surface area contributed by atoms with E-state index in [1.165, 1.54) is 20.1 Å². The lowest BCUT2D eigenvalue weighted by atomic mass is 9.96. The van der Waals surface area contributed by atoms with E-state index in [0.29, 0.717) is 22.2 Å². The van der Waals surface area contributed by atoms with Crippen molar-refractivity contribution in [2.24, 2.45) is 0 Å². The fourth-order valence-electron chi connectivity index (χ4n) is 5.28. The van der Waals surface area contributed by atoms with E-state index in [-0.39, 0.29) is 23.7 Å². The fourth-order valence-corrected chi connectivity index (χ4v) is 5.63. The molecule has 0 radical (unpaired) electrons. The number of ether oxygens (including phenoxy) is 1. The molecular formula is C29H28N6O4S. The Hall–Kier alpha value is -4.77. The maximum atomic E-state index is 12.0. The van der Waals surface area contributed by atoms with Gasteiger partial charge < -0.3 is 24.8 Å². The van der Waals surface area contributed by atoms with Crippen molar-refractivity contribution in [3.8, 4) is 11.4 Å². The molecule has 40 heavy (non-hydrogen) atoms. The Morgan fingerprint density at radius 3 is 2.50 bits per heavy atom. The van der Waals surface area contributed by atoms with E-state index < -0.39 is 4.92 Å². The van der Waals surface area contributed by atoms with E-state index in [9.17, 15) is 14.9 Å². The Morgan fingerprint density at radius 1 is 1.12 bits per heavy atom. The second-order valence-electron chi connectivity index (χ2n) is 9.50. The number of nitro benzene ring substituents is 1. The predicted octanol–water partition coefficient (Wildman–Crippen LogP) is 5.54. The van der Waals surface area contributed by atoms with Gasteiger partial charge in [-0.25, -0.2) is 0 Å². The number of nitrogens with zero attached hydrogens (tertiary/aromatic N) is 4. The van der Waals surface area contributed by atoms with Crippen LogP contribution in [0.2, 0.25) is 0 Å². The zero-order valence-electron chi connectivity index (χ0n) is 22.4. The SMILES string of the molecule is COc1ccc(-n2c(C)cc([C@H]3[C@@H](c4ccccn4)NC(=S)N3c3ccc(NC(C)=O)cc3)c2C)c([N+](=O)[O-])c1. The largest absolute Gasteiger partial charge is 0.496 e. The first kappa shape index (κ1) is 26.8. The van der Waals surface area contributed by atoms with Crippen molar-refractivity contribution in [3.05, 3.63) is 106 Å². The molecule has 1 saturated heterocycles. The normalized spacial score (nSPS) is 16.5. The molecule has 2 atom stereocenters. The third-order valence-corrected chi connectivity index (χ3v) is 7.29. The minimum atomic E-state index is -0.401. The quantitative estimate of drug-likeness (QED) is 0.173. The molecule has 10 nitrogen and oxygen atoms in total. The molecular weight excluding hydrogens is 528 g/mol. The molecule has 1 aliphatic rings. The van der Waals surface area contributed by atoms with Gasteiger partial charge in [0.05, 0.1) is 35.9 Å². The first-order valence-corrected chi connectivity index (χ1v) is 13.0. The number of rotatable bonds is 7. The minimum Gasteiger partial charge on any atom is -0.496 e. The van der Waals surface area contributed by atoms with Gasteiger partial charge in [-0.15, -0.1) is 0 Å². The van der Waals surface area contributed by atoms with E-state index in [0.717, 1.165) is 28.3 Å². The van der Waals surface area contributed by atoms with Gasteiger partial charge in [0.2, 0.25) is 5.91 Å². The third-order valence-electron chi connectivity index (χ3n) is 6.97. The van der Waals surface area contributed by atoms with Crippen LogP contribution in [0.1, 0.15) is 41.7 Å². The smallest absolute Gasteiger partial charge is 0.296 e. The van der Waals surface area contributed by atoms with Crippen molar-refractivity contribution in [2.45, 2.75) is 32.9 Å². The number of thiocarbonyl (C=S) groups is 1. The molecule has 2 aromatic heterocycles. The molecule has 11 heteroatoms. The molecule has 2 N–H and O–H groups in total. The van der Waals surface area contributed by atoms with Crippen LogP contribution in [-0.2, 0) is 4.79 Å². The molecule has 1 amide bonds. The summed E-state index contributed by atoms with van der Waals surface area (Å²) in [5, 5.41) is 18.8. The Labute approximate surface area is 236 Å². The second-order valence-corrected chi connectivity index (χ2v) is 9.88. The van der Waals surface area contributed by atoms with E-state index >= 15 is 0 Å². The molecule has 0 spiro atoms. The summed E-state index contributed by atoms with van der Waals surface area (Å²) < 4.78 is 7.13. The average Bonchev–Trinajstić information content (AvgIpc) is 3.43. The van der Waals surface area contributed by atoms with Crippen LogP contribution in [0.25, 0.3) is 5.69 Å². The van der Waals surface area contributed by atoms with Gasteiger partial charge in [-0.05, 0) is 86.2 Å². The number of nitro groups is 1. The summed E-state index contributed by atoms with van der Waals surface area (Å²) in [4.78, 5) is 29.8. The lowest BCUT2D eigenvalue weighted by Crippen LogP contribution is -2.29. The van der Waals surface area contributed by atoms with E-state index in [1.54, 1.807) is 18.3 Å². The van der Waals surface area contributed by atoms with E-state index in [2.05, 4.69) is 15.6 Å². The molecule has 4 aromatic rings. The Morgan fingerprint density at radius 2 is 1.88 bits per heavy atom. The first-order chi connectivity index (χ1) is 19.2. The van der Waals surface area contributed by atoms with Crippen LogP contribution in [0, 0.1) is 24.0 Å². The zero-order valence-corrected chi connectivity index (χ0v) is 23.2. The minimum absolute atomic E-state index is 0.0561. The molecule has 5 rings (SSSR count). The summed E-state index contributed by atoms with van der Waals surface area (Å²) in [5.41, 5.74) is 5.32. The highest BCUT2D eigenvalue weighted by atomic mass is 32.1. The number of hydrogen-bond acceptors (Lipinski definition) is 6. The zero-order chi connectivity index (χ0) is 28.6. The number of nitrogens with one attached hydrogen (secondary N) is 2. The van der Waals surface area contributed by atoms with Crippen molar-refractivity contribution < 1.29 is 14.5 Å². The summed E-state index contributed by atoms with van der Waals surface area (Å²) in [6.07, 6.45) is 1.74. The van der Waals surface area contributed by atoms with Gasteiger partial charge in [0.25, 0.3) is 5.69 Å². The number of methoxy groups -OCH3 is 1. The summed E-state index contributed by atoms with van der Waals surface area (Å²) in [6.45, 7) is 5.34. The van der Waals surface area contributed by atoms with Crippen LogP contribution in [0.3, 0.4) is 0 Å². The van der Waals surface area contributed by atoms with Crippen molar-refractivity contribution >= 4 is 40.3 Å². The Balaban J connectivity index is 1.66. The number of benzene rings is 2. The number of aromatic nitrogens is 2. The highest BCUT2D eigenvalue weighted by Crippen LogP contribution is 2.44. The predicted molar refractivity (Wildman–Crippen MR) is 157 cm³/mol. The lowest BCUT2D eigenvalue weighted by molar-refractivity contribution is -0.384. The third kappa shape index (κ3) is 4.87. The summed E-state index contributed by atoms with van der Waals surface area (Å²) >= 11 is 5.85. The number of carbonyl (C=O) groups is 1. The Bertz CT molecular complexity index is 1600. The van der Waals surface area contributed by atoms with Crippen LogP contribution >= 0.6 is 12.2 Å². The van der Waals surface area contributed by atoms with E-state index in [1.807, 2.05) is 71.8 Å². The molecule has 1 fully saturated rings. The van der Waals surface area contributed by atoms with Gasteiger partial charge in [0.1, 0.15) is 11.4 Å². The number of anilines is 2. The van der Waals surface area contributed by atoms with Crippen molar-refractivity contribution in [3.63, 3.8) is 0 Å². The van der Waals surface area contributed by atoms with Crippen molar-refractivity contribution in [1.82, 2.24) is 14.9 Å². The van der Waals surface area contributed by atoms with Gasteiger partial charge in [-0.1, -0.05) is 6.07 Å². The fraction of sp³-hybridized carbons (Fsp3) is 0.207. The average molecular weight is 557 g/mol. The maximum Gasteiger partial charge on any atom is 0.296 e. The number of pyridine rings is 1. The summed E-state index contributed by atoms with van der Waals surface area (Å²) in [5.74, 6) is 0.256. The molecule has 0 bridgehead atoms. The molecule has 2 aromatic carbocycles. The van der Waals surface area contributed by atoms with Gasteiger partial charge in [0, 0.05) is 35.9 Å². The van der Waals surface area contributed by atoms with Gasteiger partial charge >= 0.3 is 0 Å². The summed E-state index contributed by atoms with van der Waals surface area (Å²) in [6, 6.07) is 19.5. The topological polar surface area (TPSA) is 115 Å². The summed E-state index contributed by atoms with van der Waals surface area (Å²) in [7, 11) is 1.48. The van der Waals surface area contributed by atoms with Crippen molar-refractivity contribution in [1.29, 1.82) is 0 Å². The van der Waals surface area contributed by atoms with Gasteiger partial charge in [-0.2, -0.15) is 0 Å². The monoisotopic (exact) mass is 556 g/mol. The molecule has 204 valence electrons. The van der Waals surface area contributed by atoms with Crippen LogP contribution < -0.4 is 20.3 Å². The Kier molecular flexibility index (Phi) is 7.22. The van der Waals surface area contributed by atoms with Crippen molar-refractivity contribution in [2.75, 3.05) is 17.3 Å². The molecule has 0 unspecified atom stereocenters. The molecule has 1 aliphatic heterocycles. The van der Waals surface area contributed by atoms with Crippen LogP contribution in [0.5, 0.6) is 5.75 Å². The van der Waals surface area contributed by atoms with Crippen LogP contribution in [0.4, 0.5) is 17.1 Å². The standard InChI is InChI=1S/C29H28N6O4S/c1-17-15-23(18(2)33(17)25-13-12-22(39-4)16-26(25)35(37)38)28-27(24-7-5-6-14-30-24)32-29(40)34(28)21-10-8-20(9-11-21)31-19(3)36/h5-16,27-28H,1-4H3,(H,31,36)(H,32,40)/t27-,28+/m1/s1. The number of hydrogen-bond donors (Lipinski definition) is 2. The number of amides is 1.